The number of phenolic OH excluding ortho intramolecular Hbond substituents is 2. The minimum Gasteiger partial charge on any atom is -0.505 e. The zero-order valence-corrected chi connectivity index (χ0v) is 31.8. The van der Waals surface area contributed by atoms with Crippen LogP contribution in [0.15, 0.2) is 84.9 Å². The molecule has 282 valence electrons. The highest BCUT2D eigenvalue weighted by Crippen LogP contribution is 2.30. The van der Waals surface area contributed by atoms with E-state index in [1.54, 1.807) is 18.2 Å². The molecular weight excluding hydrogens is 665 g/mol. The number of unbranched alkanes of at least 4 members (excludes halogenated alkanes) is 5. The van der Waals surface area contributed by atoms with Gasteiger partial charge in [0.2, 0.25) is 0 Å². The fourth-order valence-electron chi connectivity index (χ4n) is 6.40. The normalized spacial score (nSPS) is 12.4. The van der Waals surface area contributed by atoms with E-state index >= 15 is 0 Å². The molecule has 2 unspecified atom stereocenters. The van der Waals surface area contributed by atoms with Crippen molar-refractivity contribution < 1.29 is 19.7 Å². The van der Waals surface area contributed by atoms with Gasteiger partial charge in [0.05, 0.1) is 12.2 Å². The highest BCUT2D eigenvalue weighted by Gasteiger charge is 2.15. The van der Waals surface area contributed by atoms with E-state index in [9.17, 15) is 10.2 Å². The van der Waals surface area contributed by atoms with Gasteiger partial charge in [0, 0.05) is 12.1 Å². The maximum absolute atomic E-state index is 10.5. The van der Waals surface area contributed by atoms with Gasteiger partial charge in [-0.1, -0.05) is 96.9 Å². The number of ether oxygens (including phenoxy) is 2. The Morgan fingerprint density at radius 2 is 0.849 bits per heavy atom. The molecular formula is C43H56N6O4. The molecule has 2 aromatic heterocycles. The molecule has 6 rings (SSSR count). The lowest BCUT2D eigenvalue weighted by molar-refractivity contribution is 0.175. The summed E-state index contributed by atoms with van der Waals surface area (Å²) < 4.78 is 12.3. The summed E-state index contributed by atoms with van der Waals surface area (Å²) in [4.78, 5) is 2.94. The number of phenols is 2. The van der Waals surface area contributed by atoms with E-state index in [0.29, 0.717) is 22.9 Å². The van der Waals surface area contributed by atoms with Crippen LogP contribution in [0.3, 0.4) is 0 Å². The van der Waals surface area contributed by atoms with Gasteiger partial charge in [0.1, 0.15) is 56.4 Å². The Labute approximate surface area is 313 Å². The molecule has 4 aromatic carbocycles. The molecule has 0 aliphatic rings. The summed E-state index contributed by atoms with van der Waals surface area (Å²) >= 11 is 0. The number of fused-ring (bicyclic) bond motifs is 2. The standard InChI is InChI=1S/C22H29N3O2.C21H27N3O2/c1-3-5-6-7-11-17(10-4-2)27-18-14-15-21(22(26)16-18)25-23-19-12-8-9-13-20(19)24-25;1-3-5-6-10-16(9-4-2)26-17-13-14-20(21(25)15-17)24-22-18-11-7-8-12-19(18)23-24/h8-9,12-17,26H,3-7,10-11H2,1-2H3;7-8,11-16,25H,3-6,9-10H2,1-2H3. The van der Waals surface area contributed by atoms with Crippen LogP contribution < -0.4 is 9.47 Å². The van der Waals surface area contributed by atoms with E-state index in [4.69, 9.17) is 9.47 Å². The van der Waals surface area contributed by atoms with Crippen LogP contribution in [0.2, 0.25) is 0 Å². The lowest BCUT2D eigenvalue weighted by atomic mass is 10.1. The van der Waals surface area contributed by atoms with E-state index in [2.05, 4.69) is 48.1 Å². The predicted octanol–water partition coefficient (Wildman–Crippen LogP) is 10.9. The SMILES string of the molecule is CCCCCC(CCC)Oc1ccc(-n2nc3ccccc3n2)c(O)c1.CCCCCCC(CCC)Oc1ccc(-n2nc3ccccc3n2)c(O)c1. The number of nitrogens with zero attached hydrogens (tertiary/aromatic N) is 6. The van der Waals surface area contributed by atoms with Gasteiger partial charge in [-0.05, 0) is 87.1 Å². The average molecular weight is 721 g/mol. The molecule has 53 heavy (non-hydrogen) atoms. The Morgan fingerprint density at radius 1 is 0.472 bits per heavy atom. The number of benzene rings is 4. The molecule has 0 radical (unpaired) electrons. The van der Waals surface area contributed by atoms with Crippen molar-refractivity contribution in [3.8, 4) is 34.4 Å². The van der Waals surface area contributed by atoms with Crippen LogP contribution >= 0.6 is 0 Å². The number of hydrogen-bond acceptors (Lipinski definition) is 8. The van der Waals surface area contributed by atoms with Gasteiger partial charge in [-0.15, -0.1) is 30.0 Å². The molecule has 0 saturated carbocycles. The van der Waals surface area contributed by atoms with Crippen LogP contribution in [-0.4, -0.2) is 52.4 Å². The predicted molar refractivity (Wildman–Crippen MR) is 213 cm³/mol. The summed E-state index contributed by atoms with van der Waals surface area (Å²) in [5, 5.41) is 38.6. The molecule has 0 spiro atoms. The molecule has 2 heterocycles. The molecule has 10 heteroatoms. The molecule has 2 N–H and O–H groups in total. The van der Waals surface area contributed by atoms with Gasteiger partial charge in [0.25, 0.3) is 0 Å². The second-order valence-electron chi connectivity index (χ2n) is 13.7. The van der Waals surface area contributed by atoms with Crippen LogP contribution in [-0.2, 0) is 0 Å². The molecule has 2 atom stereocenters. The lowest BCUT2D eigenvalue weighted by Crippen LogP contribution is -2.16. The summed E-state index contributed by atoms with van der Waals surface area (Å²) in [5.74, 6) is 1.63. The number of aromatic nitrogens is 6. The quantitative estimate of drug-likeness (QED) is 0.0793. The first kappa shape index (κ1) is 39.1. The smallest absolute Gasteiger partial charge is 0.146 e. The minimum absolute atomic E-state index is 0.117. The second-order valence-corrected chi connectivity index (χ2v) is 13.7. The van der Waals surface area contributed by atoms with Crippen LogP contribution in [0.5, 0.6) is 23.0 Å². The maximum Gasteiger partial charge on any atom is 0.146 e. The fraction of sp³-hybridized carbons (Fsp3) is 0.442. The maximum atomic E-state index is 10.5. The second kappa shape index (κ2) is 20.2. The van der Waals surface area contributed by atoms with Crippen molar-refractivity contribution in [3.05, 3.63) is 84.9 Å². The van der Waals surface area contributed by atoms with Crippen LogP contribution in [0.4, 0.5) is 0 Å². The fourth-order valence-corrected chi connectivity index (χ4v) is 6.40. The third kappa shape index (κ3) is 11.2. The third-order valence-electron chi connectivity index (χ3n) is 9.23. The van der Waals surface area contributed by atoms with Gasteiger partial charge in [-0.2, -0.15) is 0 Å². The van der Waals surface area contributed by atoms with Gasteiger partial charge < -0.3 is 19.7 Å². The van der Waals surface area contributed by atoms with E-state index in [1.807, 2.05) is 66.7 Å². The van der Waals surface area contributed by atoms with Crippen LogP contribution in [0.1, 0.15) is 111 Å². The van der Waals surface area contributed by atoms with Crippen molar-refractivity contribution in [1.82, 2.24) is 30.0 Å². The Balaban J connectivity index is 0.000000204. The van der Waals surface area contributed by atoms with Crippen molar-refractivity contribution in [2.75, 3.05) is 0 Å². The summed E-state index contributed by atoms with van der Waals surface area (Å²) in [6.45, 7) is 8.78. The first-order valence-corrected chi connectivity index (χ1v) is 19.6. The van der Waals surface area contributed by atoms with Crippen molar-refractivity contribution in [2.45, 2.75) is 123 Å². The van der Waals surface area contributed by atoms with E-state index < -0.39 is 0 Å². The van der Waals surface area contributed by atoms with Crippen molar-refractivity contribution in [3.63, 3.8) is 0 Å². The Kier molecular flexibility index (Phi) is 14.9. The molecule has 6 aromatic rings. The van der Waals surface area contributed by atoms with Crippen LogP contribution in [0, 0.1) is 0 Å². The summed E-state index contributed by atoms with van der Waals surface area (Å²) in [5.41, 5.74) is 4.29. The molecule has 0 amide bonds. The highest BCUT2D eigenvalue weighted by atomic mass is 16.5. The van der Waals surface area contributed by atoms with Gasteiger partial charge in [-0.3, -0.25) is 0 Å². The summed E-state index contributed by atoms with van der Waals surface area (Å²) in [7, 11) is 0. The Bertz CT molecular complexity index is 1920. The van der Waals surface area contributed by atoms with Crippen LogP contribution in [0.25, 0.3) is 33.4 Å². The van der Waals surface area contributed by atoms with E-state index in [1.165, 1.54) is 54.5 Å². The van der Waals surface area contributed by atoms with E-state index in [-0.39, 0.29) is 23.7 Å². The first-order valence-electron chi connectivity index (χ1n) is 19.6. The summed E-state index contributed by atoms with van der Waals surface area (Å²) in [6, 6.07) is 26.0. The van der Waals surface area contributed by atoms with Crippen molar-refractivity contribution >= 4 is 22.1 Å². The average Bonchev–Trinajstić information content (AvgIpc) is 3.79. The lowest BCUT2D eigenvalue weighted by Gasteiger charge is -2.19. The van der Waals surface area contributed by atoms with Crippen molar-refractivity contribution in [1.29, 1.82) is 0 Å². The minimum atomic E-state index is 0.117. The third-order valence-corrected chi connectivity index (χ3v) is 9.23. The van der Waals surface area contributed by atoms with E-state index in [0.717, 1.165) is 60.6 Å². The largest absolute Gasteiger partial charge is 0.505 e. The monoisotopic (exact) mass is 720 g/mol. The number of hydrogen-bond donors (Lipinski definition) is 2. The molecule has 0 aliphatic carbocycles. The van der Waals surface area contributed by atoms with Gasteiger partial charge in [-0.25, -0.2) is 0 Å². The zero-order valence-electron chi connectivity index (χ0n) is 31.8. The molecule has 0 saturated heterocycles. The van der Waals surface area contributed by atoms with Gasteiger partial charge >= 0.3 is 0 Å². The number of aromatic hydroxyl groups is 2. The number of rotatable bonds is 19. The zero-order chi connectivity index (χ0) is 37.4. The molecule has 0 fully saturated rings. The first-order chi connectivity index (χ1) is 25.9. The Hall–Kier alpha value is -5.12. The molecule has 0 bridgehead atoms. The Morgan fingerprint density at radius 3 is 1.21 bits per heavy atom. The topological polar surface area (TPSA) is 120 Å². The summed E-state index contributed by atoms with van der Waals surface area (Å²) in [6.07, 6.45) is 15.3. The highest BCUT2D eigenvalue weighted by molar-refractivity contribution is 5.74. The van der Waals surface area contributed by atoms with Gasteiger partial charge in [0.15, 0.2) is 0 Å². The molecule has 0 aliphatic heterocycles. The molecule has 10 nitrogen and oxygen atoms in total. The van der Waals surface area contributed by atoms with Crippen molar-refractivity contribution in [2.24, 2.45) is 0 Å².